The number of hydrogen-bond acceptors (Lipinski definition) is 2. The second-order valence-corrected chi connectivity index (χ2v) is 5.15. The number of hydrogen-bond donors (Lipinski definition) is 1. The van der Waals surface area contributed by atoms with Gasteiger partial charge in [-0.2, -0.15) is 0 Å². The summed E-state index contributed by atoms with van der Waals surface area (Å²) in [6.07, 6.45) is 1.89. The van der Waals surface area contributed by atoms with Gasteiger partial charge in [-0.3, -0.25) is 0 Å². The number of aliphatic hydroxyl groups excluding tert-OH is 1. The van der Waals surface area contributed by atoms with E-state index in [0.29, 0.717) is 5.92 Å². The van der Waals surface area contributed by atoms with E-state index in [4.69, 9.17) is 0 Å². The van der Waals surface area contributed by atoms with E-state index < -0.39 is 0 Å². The summed E-state index contributed by atoms with van der Waals surface area (Å²) in [5.41, 5.74) is 0. The van der Waals surface area contributed by atoms with Crippen LogP contribution in [0.3, 0.4) is 0 Å². The fourth-order valence-electron chi connectivity index (χ4n) is 1.39. The Morgan fingerprint density at radius 1 is 1.62 bits per heavy atom. The second kappa shape index (κ2) is 5.13. The van der Waals surface area contributed by atoms with Gasteiger partial charge < -0.3 is 5.11 Å². The Hall–Kier alpha value is 0.140. The zero-order chi connectivity index (χ0) is 9.84. The summed E-state index contributed by atoms with van der Waals surface area (Å²) in [5, 5.41) is 12.0. The van der Waals surface area contributed by atoms with Crippen LogP contribution in [0.4, 0.5) is 0 Å². The highest BCUT2D eigenvalue weighted by Gasteiger charge is 2.18. The molecule has 0 aliphatic rings. The van der Waals surface area contributed by atoms with Gasteiger partial charge in [0.25, 0.3) is 0 Å². The van der Waals surface area contributed by atoms with Crippen LogP contribution in [0.1, 0.15) is 37.7 Å². The van der Waals surface area contributed by atoms with Gasteiger partial charge in [0.05, 0.1) is 6.10 Å². The number of aliphatic hydroxyl groups is 1. The van der Waals surface area contributed by atoms with Gasteiger partial charge >= 0.3 is 0 Å². The van der Waals surface area contributed by atoms with Crippen molar-refractivity contribution in [2.24, 2.45) is 5.92 Å². The molecule has 0 fully saturated rings. The van der Waals surface area contributed by atoms with Crippen molar-refractivity contribution < 1.29 is 5.11 Å². The molecule has 0 amide bonds. The Morgan fingerprint density at radius 3 is 2.77 bits per heavy atom. The van der Waals surface area contributed by atoms with Gasteiger partial charge in [0, 0.05) is 9.35 Å². The minimum Gasteiger partial charge on any atom is -0.387 e. The maximum absolute atomic E-state index is 9.97. The molecule has 1 heterocycles. The van der Waals surface area contributed by atoms with Crippen LogP contribution in [0.2, 0.25) is 0 Å². The topological polar surface area (TPSA) is 20.2 Å². The third-order valence-electron chi connectivity index (χ3n) is 2.20. The minimum atomic E-state index is -0.311. The highest BCUT2D eigenvalue weighted by Crippen LogP contribution is 2.34. The number of halogens is 1. The molecule has 0 radical (unpaired) electrons. The average molecular weight is 263 g/mol. The van der Waals surface area contributed by atoms with E-state index in [1.807, 2.05) is 11.4 Å². The highest BCUT2D eigenvalue weighted by atomic mass is 79.9. The first-order chi connectivity index (χ1) is 6.16. The highest BCUT2D eigenvalue weighted by molar-refractivity contribution is 9.10. The first-order valence-electron chi connectivity index (χ1n) is 4.57. The van der Waals surface area contributed by atoms with Crippen molar-refractivity contribution in [3.8, 4) is 0 Å². The van der Waals surface area contributed by atoms with Crippen molar-refractivity contribution >= 4 is 27.3 Å². The van der Waals surface area contributed by atoms with Gasteiger partial charge in [-0.05, 0) is 39.7 Å². The third-order valence-corrected chi connectivity index (χ3v) is 4.14. The van der Waals surface area contributed by atoms with Crippen molar-refractivity contribution in [2.75, 3.05) is 0 Å². The zero-order valence-corrected chi connectivity index (χ0v) is 10.4. The molecule has 1 aromatic heterocycles. The van der Waals surface area contributed by atoms with Gasteiger partial charge in [-0.15, -0.1) is 11.3 Å². The molecule has 0 saturated heterocycles. The monoisotopic (exact) mass is 262 g/mol. The molecule has 13 heavy (non-hydrogen) atoms. The van der Waals surface area contributed by atoms with Crippen LogP contribution in [0.5, 0.6) is 0 Å². The maximum Gasteiger partial charge on any atom is 0.0918 e. The normalized spacial score (nSPS) is 15.7. The molecule has 0 aliphatic heterocycles. The van der Waals surface area contributed by atoms with Crippen LogP contribution in [0, 0.1) is 5.92 Å². The minimum absolute atomic E-state index is 0.311. The lowest BCUT2D eigenvalue weighted by molar-refractivity contribution is 0.115. The summed E-state index contributed by atoms with van der Waals surface area (Å²) < 4.78 is 1.04. The molecule has 1 nitrogen and oxygen atoms in total. The third kappa shape index (κ3) is 2.79. The number of thiophene rings is 1. The molecule has 0 aliphatic carbocycles. The molecule has 1 rings (SSSR count). The Bertz CT molecular complexity index is 259. The lowest BCUT2D eigenvalue weighted by Crippen LogP contribution is -2.07. The molecule has 2 atom stereocenters. The summed E-state index contributed by atoms with van der Waals surface area (Å²) in [6, 6.07) is 1.99. The Labute approximate surface area is 91.9 Å². The maximum atomic E-state index is 9.97. The predicted octanol–water partition coefficient (Wildman–Crippen LogP) is 3.98. The van der Waals surface area contributed by atoms with Crippen LogP contribution in [-0.2, 0) is 0 Å². The van der Waals surface area contributed by atoms with Crippen LogP contribution in [0.15, 0.2) is 15.9 Å². The molecule has 74 valence electrons. The van der Waals surface area contributed by atoms with E-state index >= 15 is 0 Å². The van der Waals surface area contributed by atoms with E-state index in [2.05, 4.69) is 29.8 Å². The van der Waals surface area contributed by atoms with E-state index in [0.717, 1.165) is 22.2 Å². The SMILES string of the molecule is CCCC(C)C(O)c1sccc1Br. The zero-order valence-electron chi connectivity index (χ0n) is 7.96. The lowest BCUT2D eigenvalue weighted by Gasteiger charge is -2.17. The number of rotatable bonds is 4. The Morgan fingerprint density at radius 2 is 2.31 bits per heavy atom. The second-order valence-electron chi connectivity index (χ2n) is 3.34. The summed E-state index contributed by atoms with van der Waals surface area (Å²) >= 11 is 5.05. The largest absolute Gasteiger partial charge is 0.387 e. The smallest absolute Gasteiger partial charge is 0.0918 e. The van der Waals surface area contributed by atoms with E-state index in [1.165, 1.54) is 0 Å². The standard InChI is InChI=1S/C10H15BrOS/c1-3-4-7(2)9(12)10-8(11)5-6-13-10/h5-7,9,12H,3-4H2,1-2H3. The molecule has 0 bridgehead atoms. The van der Waals surface area contributed by atoms with E-state index in [1.54, 1.807) is 11.3 Å². The van der Waals surface area contributed by atoms with E-state index in [-0.39, 0.29) is 6.10 Å². The summed E-state index contributed by atoms with van der Waals surface area (Å²) in [6.45, 7) is 4.24. The molecule has 0 spiro atoms. The van der Waals surface area contributed by atoms with Gasteiger partial charge in [0.2, 0.25) is 0 Å². The fourth-order valence-corrected chi connectivity index (χ4v) is 3.11. The van der Waals surface area contributed by atoms with Gasteiger partial charge in [-0.1, -0.05) is 20.3 Å². The summed E-state index contributed by atoms with van der Waals surface area (Å²) in [4.78, 5) is 1.06. The summed E-state index contributed by atoms with van der Waals surface area (Å²) in [5.74, 6) is 0.347. The Balaban J connectivity index is 2.67. The quantitative estimate of drug-likeness (QED) is 0.871. The molecule has 3 heteroatoms. The molecule has 1 aromatic rings. The first kappa shape index (κ1) is 11.2. The molecular formula is C10H15BrOS. The van der Waals surface area contributed by atoms with E-state index in [9.17, 15) is 5.11 Å². The van der Waals surface area contributed by atoms with Gasteiger partial charge in [0.15, 0.2) is 0 Å². The van der Waals surface area contributed by atoms with Crippen LogP contribution in [0.25, 0.3) is 0 Å². The average Bonchev–Trinajstić information content (AvgIpc) is 2.50. The van der Waals surface area contributed by atoms with Crippen LogP contribution in [-0.4, -0.2) is 5.11 Å². The fraction of sp³-hybridized carbons (Fsp3) is 0.600. The lowest BCUT2D eigenvalue weighted by atomic mass is 9.98. The van der Waals surface area contributed by atoms with Crippen molar-refractivity contribution in [3.63, 3.8) is 0 Å². The Kier molecular flexibility index (Phi) is 4.42. The van der Waals surface area contributed by atoms with Crippen molar-refractivity contribution in [1.82, 2.24) is 0 Å². The molecular weight excluding hydrogens is 248 g/mol. The van der Waals surface area contributed by atoms with Gasteiger partial charge in [0.1, 0.15) is 0 Å². The van der Waals surface area contributed by atoms with Crippen molar-refractivity contribution in [1.29, 1.82) is 0 Å². The molecule has 1 N–H and O–H groups in total. The molecule has 0 aromatic carbocycles. The van der Waals surface area contributed by atoms with Crippen molar-refractivity contribution in [3.05, 3.63) is 20.8 Å². The first-order valence-corrected chi connectivity index (χ1v) is 6.25. The van der Waals surface area contributed by atoms with Gasteiger partial charge in [-0.25, -0.2) is 0 Å². The van der Waals surface area contributed by atoms with Crippen LogP contribution < -0.4 is 0 Å². The summed E-state index contributed by atoms with van der Waals surface area (Å²) in [7, 11) is 0. The molecule has 0 saturated carbocycles. The predicted molar refractivity (Wildman–Crippen MR) is 61.1 cm³/mol. The molecule has 2 unspecified atom stereocenters. The van der Waals surface area contributed by atoms with Crippen LogP contribution >= 0.6 is 27.3 Å². The van der Waals surface area contributed by atoms with Crippen molar-refractivity contribution in [2.45, 2.75) is 32.8 Å².